The van der Waals surface area contributed by atoms with Gasteiger partial charge in [-0.1, -0.05) is 130 Å². The van der Waals surface area contributed by atoms with E-state index in [9.17, 15) is 0 Å². The minimum Gasteiger partial charge on any atom is -0.477 e. The van der Waals surface area contributed by atoms with Crippen LogP contribution in [0.5, 0.6) is 0 Å². The van der Waals surface area contributed by atoms with Gasteiger partial charge in [-0.25, -0.2) is 19.9 Å². The van der Waals surface area contributed by atoms with E-state index in [0.29, 0.717) is 0 Å². The van der Waals surface area contributed by atoms with E-state index in [1.807, 2.05) is 119 Å². The van der Waals surface area contributed by atoms with Gasteiger partial charge in [-0.2, -0.15) is 36.4 Å². The molecule has 10 rings (SSSR count). The van der Waals surface area contributed by atoms with E-state index in [2.05, 4.69) is 121 Å². The molecule has 4 N–H and O–H groups in total. The van der Waals surface area contributed by atoms with Gasteiger partial charge in [-0.05, 0) is 48.2 Å². The van der Waals surface area contributed by atoms with Crippen LogP contribution in [0.3, 0.4) is 0 Å². The Morgan fingerprint density at radius 3 is 1.41 bits per heavy atom. The molecule has 4 radical (unpaired) electrons. The Bertz CT molecular complexity index is 2690. The normalized spacial score (nSPS) is 11.7. The molecule has 2 aromatic heterocycles. The van der Waals surface area contributed by atoms with Gasteiger partial charge in [0.05, 0.1) is 0 Å². The average Bonchev–Trinajstić information content (AvgIpc) is 3.90. The Labute approximate surface area is 412 Å². The molecule has 10 nitrogen and oxygen atoms in total. The summed E-state index contributed by atoms with van der Waals surface area (Å²) in [4.78, 5) is 26.3. The van der Waals surface area contributed by atoms with Gasteiger partial charge in [0.2, 0.25) is 0 Å². The zero-order chi connectivity index (χ0) is 41.3. The van der Waals surface area contributed by atoms with E-state index in [1.54, 1.807) is 24.8 Å². The van der Waals surface area contributed by atoms with Crippen molar-refractivity contribution in [2.75, 3.05) is 19.6 Å². The van der Waals surface area contributed by atoms with Crippen LogP contribution >= 0.6 is 15.9 Å². The molecule has 14 heteroatoms. The number of nitrogens with zero attached hydrogens (tertiary/aromatic N) is 8. The molecule has 0 bridgehead atoms. The van der Waals surface area contributed by atoms with E-state index in [0.717, 1.165) is 68.8 Å². The quantitative estimate of drug-likeness (QED) is 0.114. The number of benzene rings is 6. The fraction of sp³-hybridized carbons (Fsp3) is 0.0800. The molecular weight excluding hydrogens is 1220 g/mol. The summed E-state index contributed by atoms with van der Waals surface area (Å²) in [5, 5.41) is 0. The van der Waals surface area contributed by atoms with Gasteiger partial charge in [-0.3, -0.25) is 0 Å². The summed E-state index contributed by atoms with van der Waals surface area (Å²) >= 11 is 3.50. The van der Waals surface area contributed by atoms with Gasteiger partial charge in [0.15, 0.2) is 0 Å². The van der Waals surface area contributed by atoms with Gasteiger partial charge in [-0.15, -0.1) is 42.4 Å². The van der Waals surface area contributed by atoms with E-state index in [-0.39, 0.29) is 51.2 Å². The smallest absolute Gasteiger partial charge is 0.145 e. The molecule has 0 saturated carbocycles. The van der Waals surface area contributed by atoms with Crippen molar-refractivity contribution >= 4 is 75.3 Å². The van der Waals surface area contributed by atoms with Crippen molar-refractivity contribution in [1.29, 1.82) is 0 Å². The minimum absolute atomic E-state index is 0. The Balaban J connectivity index is 0.000000228. The van der Waals surface area contributed by atoms with Crippen LogP contribution in [0.1, 0.15) is 25.0 Å². The summed E-state index contributed by atoms with van der Waals surface area (Å²) in [5.74, 6) is 3.21. The van der Waals surface area contributed by atoms with Crippen LogP contribution in [-0.2, 0) is 53.1 Å². The third-order valence-electron chi connectivity index (χ3n) is 9.96. The van der Waals surface area contributed by atoms with Gasteiger partial charge in [0.1, 0.15) is 31.1 Å². The third-order valence-corrected chi connectivity index (χ3v) is 10.5. The predicted octanol–water partition coefficient (Wildman–Crippen LogP) is 9.75. The van der Waals surface area contributed by atoms with Crippen LogP contribution in [-0.4, -0.2) is 38.7 Å². The second-order valence-corrected chi connectivity index (χ2v) is 14.6. The molecule has 0 aliphatic carbocycles. The maximum Gasteiger partial charge on any atom is 0.145 e. The number of halogens is 1. The first-order chi connectivity index (χ1) is 29.5. The Morgan fingerprint density at radius 1 is 0.516 bits per heavy atom. The topological polar surface area (TPSA) is 128 Å². The summed E-state index contributed by atoms with van der Waals surface area (Å²) < 4.78 is 0.998. The van der Waals surface area contributed by atoms with Crippen molar-refractivity contribution < 1.29 is 51.2 Å². The zero-order valence-corrected chi connectivity index (χ0v) is 41.3. The number of aryl methyl sites for hydroxylation is 2. The van der Waals surface area contributed by atoms with Crippen molar-refractivity contribution in [3.63, 3.8) is 0 Å². The maximum absolute atomic E-state index is 5.63. The van der Waals surface area contributed by atoms with Gasteiger partial charge in [0, 0.05) is 76.4 Å². The average molecular weight is 1260 g/mol. The maximum atomic E-state index is 5.63. The number of para-hydroxylation sites is 2. The molecule has 0 atom stereocenters. The molecule has 2 aliphatic rings. The first kappa shape index (κ1) is 51.1. The number of aromatic nitrogens is 4. The van der Waals surface area contributed by atoms with Crippen LogP contribution in [0.4, 0.5) is 46.0 Å². The molecular formula is C50H44BBrIr2N8O2-4. The summed E-state index contributed by atoms with van der Waals surface area (Å²) in [6.45, 7) is 8.30. The Hall–Kier alpha value is -5.56. The van der Waals surface area contributed by atoms with E-state index in [1.165, 1.54) is 22.3 Å². The minimum atomic E-state index is 0. The molecule has 0 fully saturated rings. The van der Waals surface area contributed by atoms with Crippen molar-refractivity contribution in [3.05, 3.63) is 211 Å². The first-order valence-electron chi connectivity index (χ1n) is 19.7. The number of fused-ring (bicyclic) bond motifs is 2. The first-order valence-corrected chi connectivity index (χ1v) is 20.5. The SMILES string of the molecule is Brc1cc[c-]c(N2[CH-]N(c3ccccc3)c3nccnc32)c1.CCc1ccccc1-c1cc[c-]c(N2[CH-]N(c3ccccc3)c3nccnc32)c1.O.O.[B]c1ccccc1CC.[Ir].[Ir]. The standard InChI is InChI=1S/C25H20N4.C17H11BrN4.C8H9B.2Ir.2H2O/c1-2-19-9-6-7-14-23(19)20-10-8-13-22(17-20)29-18-28(21-11-4-3-5-12-21)24-25(29)27-16-15-26-24;18-13-5-4-8-15(11-13)22-12-21(14-6-2-1-3-7-14)16-17(22)20-10-9-19-16;1-2-7-5-3-4-6-8(7)9;;;;/h3-12,14-18H,2H2,1H3;1-7,9-12H;3-6H,2H2,1H3;;;2*1H2/q2*-2;;;;;. The van der Waals surface area contributed by atoms with Gasteiger partial charge >= 0.3 is 0 Å². The molecule has 8 aromatic rings. The molecule has 0 spiro atoms. The molecule has 0 saturated heterocycles. The van der Waals surface area contributed by atoms with Crippen LogP contribution in [0.25, 0.3) is 11.1 Å². The summed E-state index contributed by atoms with van der Waals surface area (Å²) in [6.07, 6.45) is 8.87. The number of rotatable bonds is 7. The van der Waals surface area contributed by atoms with E-state index >= 15 is 0 Å². The predicted molar refractivity (Wildman–Crippen MR) is 256 cm³/mol. The molecule has 4 heterocycles. The Kier molecular flexibility index (Phi) is 19.5. The third kappa shape index (κ3) is 11.6. The summed E-state index contributed by atoms with van der Waals surface area (Å²) in [5.41, 5.74) is 9.84. The van der Waals surface area contributed by atoms with Crippen LogP contribution < -0.4 is 25.1 Å². The molecule has 328 valence electrons. The van der Waals surface area contributed by atoms with Crippen molar-refractivity contribution in [2.45, 2.75) is 26.7 Å². The van der Waals surface area contributed by atoms with Gasteiger partial charge in [0.25, 0.3) is 0 Å². The number of anilines is 8. The second-order valence-electron chi connectivity index (χ2n) is 13.7. The summed E-state index contributed by atoms with van der Waals surface area (Å²) in [6, 6.07) is 55.5. The fourth-order valence-corrected chi connectivity index (χ4v) is 7.33. The van der Waals surface area contributed by atoms with Gasteiger partial charge < -0.3 is 30.6 Å². The molecule has 0 unspecified atom stereocenters. The van der Waals surface area contributed by atoms with Crippen LogP contribution in [0.15, 0.2) is 175 Å². The molecule has 0 amide bonds. The van der Waals surface area contributed by atoms with Crippen molar-refractivity contribution in [1.82, 2.24) is 19.9 Å². The Morgan fingerprint density at radius 2 is 0.938 bits per heavy atom. The van der Waals surface area contributed by atoms with Crippen molar-refractivity contribution in [2.24, 2.45) is 0 Å². The largest absolute Gasteiger partial charge is 0.477 e. The zero-order valence-electron chi connectivity index (χ0n) is 34.9. The van der Waals surface area contributed by atoms with Crippen molar-refractivity contribution in [3.8, 4) is 11.1 Å². The number of hydrogen-bond acceptors (Lipinski definition) is 8. The molecule has 64 heavy (non-hydrogen) atoms. The van der Waals surface area contributed by atoms with Crippen LogP contribution in [0, 0.1) is 25.5 Å². The fourth-order valence-electron chi connectivity index (χ4n) is 6.98. The van der Waals surface area contributed by atoms with Crippen LogP contribution in [0.2, 0.25) is 0 Å². The molecule has 2 aliphatic heterocycles. The van der Waals surface area contributed by atoms with E-state index in [4.69, 9.17) is 7.85 Å². The second kappa shape index (κ2) is 24.5. The van der Waals surface area contributed by atoms with E-state index < -0.39 is 0 Å². The molecule has 6 aromatic carbocycles. The monoisotopic (exact) mass is 1260 g/mol. The summed E-state index contributed by atoms with van der Waals surface area (Å²) in [7, 11) is 5.63. The number of hydrogen-bond donors (Lipinski definition) is 0.